The first-order chi connectivity index (χ1) is 7.90. The summed E-state index contributed by atoms with van der Waals surface area (Å²) in [5, 5.41) is 0.425. The summed E-state index contributed by atoms with van der Waals surface area (Å²) in [6.07, 6.45) is 9.43. The maximum Gasteiger partial charge on any atom is 0.0434 e. The van der Waals surface area contributed by atoms with Crippen LogP contribution in [0.25, 0.3) is 0 Å². The van der Waals surface area contributed by atoms with Crippen molar-refractivity contribution in [1.29, 1.82) is 0 Å². The van der Waals surface area contributed by atoms with E-state index in [0.717, 1.165) is 5.92 Å². The fraction of sp³-hybridized carbons (Fsp3) is 0.615. The maximum absolute atomic E-state index is 5.84. The Labute approximate surface area is 102 Å². The molecule has 1 atom stereocenters. The molecule has 0 spiro atoms. The summed E-state index contributed by atoms with van der Waals surface area (Å²) < 4.78 is 0. The minimum Gasteiger partial charge on any atom is -0.329 e. The van der Waals surface area contributed by atoms with E-state index in [1.165, 1.54) is 37.0 Å². The van der Waals surface area contributed by atoms with Gasteiger partial charge >= 0.3 is 0 Å². The Hall–Kier alpha value is -0.540. The zero-order valence-electron chi connectivity index (χ0n) is 9.64. The van der Waals surface area contributed by atoms with E-state index in [9.17, 15) is 0 Å². The van der Waals surface area contributed by atoms with Crippen molar-refractivity contribution in [3.8, 4) is 0 Å². The van der Waals surface area contributed by atoms with Gasteiger partial charge in [-0.3, -0.25) is 4.98 Å². The second-order valence-electron chi connectivity index (χ2n) is 4.49. The van der Waals surface area contributed by atoms with Crippen LogP contribution in [0, 0.1) is 5.92 Å². The normalized spacial score (nSPS) is 18.8. The van der Waals surface area contributed by atoms with Crippen LogP contribution in [0.3, 0.4) is 0 Å². The van der Waals surface area contributed by atoms with Crippen LogP contribution < -0.4 is 5.73 Å². The number of pyridine rings is 1. The van der Waals surface area contributed by atoms with E-state index in [-0.39, 0.29) is 0 Å². The van der Waals surface area contributed by atoms with E-state index >= 15 is 0 Å². The molecule has 1 aliphatic carbocycles. The van der Waals surface area contributed by atoms with Crippen LogP contribution in [0.1, 0.15) is 36.5 Å². The Morgan fingerprint density at radius 3 is 2.88 bits per heavy atom. The van der Waals surface area contributed by atoms with E-state index in [0.29, 0.717) is 11.8 Å². The smallest absolute Gasteiger partial charge is 0.0434 e. The van der Waals surface area contributed by atoms with Crippen molar-refractivity contribution >= 4 is 11.8 Å². The molecule has 0 aliphatic heterocycles. The maximum atomic E-state index is 5.84. The molecule has 0 radical (unpaired) electrons. The van der Waals surface area contributed by atoms with Gasteiger partial charge in [0, 0.05) is 24.2 Å². The highest BCUT2D eigenvalue weighted by Gasteiger charge is 2.18. The minimum absolute atomic E-state index is 0.425. The number of hydrogen-bond acceptors (Lipinski definition) is 3. The molecule has 1 unspecified atom stereocenters. The molecule has 88 valence electrons. The molecule has 0 bridgehead atoms. The van der Waals surface area contributed by atoms with Crippen molar-refractivity contribution in [2.24, 2.45) is 11.7 Å². The predicted octanol–water partition coefficient (Wildman–Crippen LogP) is 3.00. The fourth-order valence-corrected chi connectivity index (χ4v) is 3.60. The number of thioether (sulfide) groups is 1. The lowest BCUT2D eigenvalue weighted by molar-refractivity contribution is 0.621. The number of rotatable bonds is 5. The average molecular weight is 236 g/mol. The molecule has 3 heteroatoms. The summed E-state index contributed by atoms with van der Waals surface area (Å²) in [6, 6.07) is 4.13. The van der Waals surface area contributed by atoms with Crippen LogP contribution in [0.5, 0.6) is 0 Å². The van der Waals surface area contributed by atoms with Crippen LogP contribution in [-0.2, 0) is 0 Å². The molecule has 1 aromatic heterocycles. The molecular weight excluding hydrogens is 216 g/mol. The van der Waals surface area contributed by atoms with E-state index < -0.39 is 0 Å². The van der Waals surface area contributed by atoms with E-state index in [1.54, 1.807) is 0 Å². The Balaban J connectivity index is 1.85. The molecule has 0 saturated heterocycles. The minimum atomic E-state index is 0.425. The predicted molar refractivity (Wildman–Crippen MR) is 70.4 cm³/mol. The fourth-order valence-electron chi connectivity index (χ4n) is 2.30. The molecular formula is C13H20N2S. The lowest BCUT2D eigenvalue weighted by atomic mass is 10.1. The van der Waals surface area contributed by atoms with Crippen molar-refractivity contribution in [3.63, 3.8) is 0 Å². The SMILES string of the molecule is NCC(SCC1CCCC1)c1cccnc1. The molecule has 2 nitrogen and oxygen atoms in total. The van der Waals surface area contributed by atoms with Crippen molar-refractivity contribution in [1.82, 2.24) is 4.98 Å². The molecule has 1 saturated carbocycles. The van der Waals surface area contributed by atoms with Crippen LogP contribution >= 0.6 is 11.8 Å². The van der Waals surface area contributed by atoms with Gasteiger partial charge in [-0.2, -0.15) is 11.8 Å². The molecule has 16 heavy (non-hydrogen) atoms. The van der Waals surface area contributed by atoms with Gasteiger partial charge in [-0.15, -0.1) is 0 Å². The molecule has 0 aromatic carbocycles. The van der Waals surface area contributed by atoms with Crippen LogP contribution in [0.4, 0.5) is 0 Å². The van der Waals surface area contributed by atoms with Gasteiger partial charge in [0.15, 0.2) is 0 Å². The number of hydrogen-bond donors (Lipinski definition) is 1. The highest BCUT2D eigenvalue weighted by Crippen LogP contribution is 2.34. The number of aromatic nitrogens is 1. The van der Waals surface area contributed by atoms with E-state index in [1.807, 2.05) is 30.2 Å². The molecule has 1 fully saturated rings. The zero-order chi connectivity index (χ0) is 11.2. The van der Waals surface area contributed by atoms with Crippen molar-refractivity contribution in [2.45, 2.75) is 30.9 Å². The van der Waals surface area contributed by atoms with Gasteiger partial charge in [-0.25, -0.2) is 0 Å². The third kappa shape index (κ3) is 3.22. The summed E-state index contributed by atoms with van der Waals surface area (Å²) in [7, 11) is 0. The van der Waals surface area contributed by atoms with Crippen LogP contribution in [0.15, 0.2) is 24.5 Å². The third-order valence-electron chi connectivity index (χ3n) is 3.28. The van der Waals surface area contributed by atoms with E-state index in [4.69, 9.17) is 5.73 Å². The van der Waals surface area contributed by atoms with Gasteiger partial charge in [0.25, 0.3) is 0 Å². The molecule has 2 N–H and O–H groups in total. The summed E-state index contributed by atoms with van der Waals surface area (Å²) in [6.45, 7) is 0.711. The standard InChI is InChI=1S/C13H20N2S/c14-8-13(12-6-3-7-15-9-12)16-10-11-4-1-2-5-11/h3,6-7,9,11,13H,1-2,4-5,8,10,14H2. The summed E-state index contributed by atoms with van der Waals surface area (Å²) in [5.41, 5.74) is 7.11. The third-order valence-corrected chi connectivity index (χ3v) is 4.81. The lowest BCUT2D eigenvalue weighted by Gasteiger charge is -2.16. The first-order valence-electron chi connectivity index (χ1n) is 6.11. The van der Waals surface area contributed by atoms with Gasteiger partial charge in [0.2, 0.25) is 0 Å². The van der Waals surface area contributed by atoms with Gasteiger partial charge in [0.1, 0.15) is 0 Å². The Bertz CT molecular complexity index is 296. The number of nitrogens with two attached hydrogens (primary N) is 1. The number of nitrogens with zero attached hydrogens (tertiary/aromatic N) is 1. The summed E-state index contributed by atoms with van der Waals surface area (Å²) >= 11 is 2.01. The van der Waals surface area contributed by atoms with Crippen LogP contribution in [0.2, 0.25) is 0 Å². The Morgan fingerprint density at radius 1 is 1.44 bits per heavy atom. The second-order valence-corrected chi connectivity index (χ2v) is 5.73. The lowest BCUT2D eigenvalue weighted by Crippen LogP contribution is -2.11. The molecule has 2 rings (SSSR count). The first-order valence-corrected chi connectivity index (χ1v) is 7.16. The molecule has 1 aromatic rings. The molecule has 0 amide bonds. The van der Waals surface area contributed by atoms with Crippen molar-refractivity contribution in [3.05, 3.63) is 30.1 Å². The van der Waals surface area contributed by atoms with Crippen molar-refractivity contribution < 1.29 is 0 Å². The van der Waals surface area contributed by atoms with E-state index in [2.05, 4.69) is 11.1 Å². The van der Waals surface area contributed by atoms with Crippen LogP contribution in [-0.4, -0.2) is 17.3 Å². The largest absolute Gasteiger partial charge is 0.329 e. The van der Waals surface area contributed by atoms with Gasteiger partial charge in [0.05, 0.1) is 0 Å². The topological polar surface area (TPSA) is 38.9 Å². The molecule has 1 aliphatic rings. The van der Waals surface area contributed by atoms with Gasteiger partial charge in [-0.1, -0.05) is 18.9 Å². The van der Waals surface area contributed by atoms with Gasteiger partial charge in [-0.05, 0) is 36.1 Å². The molecule has 1 heterocycles. The van der Waals surface area contributed by atoms with Gasteiger partial charge < -0.3 is 5.73 Å². The Kier molecular flexibility index (Phi) is 4.67. The second kappa shape index (κ2) is 6.26. The summed E-state index contributed by atoms with van der Waals surface area (Å²) in [4.78, 5) is 4.16. The first kappa shape index (κ1) is 11.9. The zero-order valence-corrected chi connectivity index (χ0v) is 10.5. The Morgan fingerprint density at radius 2 is 2.25 bits per heavy atom. The summed E-state index contributed by atoms with van der Waals surface area (Å²) in [5.74, 6) is 2.19. The van der Waals surface area contributed by atoms with Crippen molar-refractivity contribution in [2.75, 3.05) is 12.3 Å². The quantitative estimate of drug-likeness (QED) is 0.854. The monoisotopic (exact) mass is 236 g/mol. The highest BCUT2D eigenvalue weighted by molar-refractivity contribution is 7.99. The highest BCUT2D eigenvalue weighted by atomic mass is 32.2. The average Bonchev–Trinajstić information content (AvgIpc) is 2.84.